The van der Waals surface area contributed by atoms with E-state index in [9.17, 15) is 13.2 Å². The van der Waals surface area contributed by atoms with Gasteiger partial charge in [0.1, 0.15) is 11.3 Å². The number of nitrogens with zero attached hydrogens (tertiary/aromatic N) is 3. The third-order valence-corrected chi connectivity index (χ3v) is 2.33. The lowest BCUT2D eigenvalue weighted by Gasteiger charge is -2.07. The van der Waals surface area contributed by atoms with Crippen molar-refractivity contribution in [2.24, 2.45) is 7.05 Å². The fraction of sp³-hybridized carbons (Fsp3) is 0.400. The maximum Gasteiger partial charge on any atom is 0.401 e. The predicted molar refractivity (Wildman–Crippen MR) is 56.3 cm³/mol. The van der Waals surface area contributed by atoms with Crippen LogP contribution in [0.5, 0.6) is 0 Å². The molecule has 0 spiro atoms. The number of alkyl halides is 3. The molecule has 17 heavy (non-hydrogen) atoms. The van der Waals surface area contributed by atoms with Crippen LogP contribution in [0, 0.1) is 0 Å². The Morgan fingerprint density at radius 2 is 2.18 bits per heavy atom. The topological polar surface area (TPSA) is 42.7 Å². The molecule has 0 fully saturated rings. The van der Waals surface area contributed by atoms with E-state index in [1.807, 2.05) is 0 Å². The summed E-state index contributed by atoms with van der Waals surface area (Å²) in [6, 6.07) is 3.51. The number of aromatic nitrogens is 3. The van der Waals surface area contributed by atoms with Gasteiger partial charge in [0.25, 0.3) is 0 Å². The van der Waals surface area contributed by atoms with Gasteiger partial charge in [-0.3, -0.25) is 0 Å². The van der Waals surface area contributed by atoms with Crippen molar-refractivity contribution in [2.75, 3.05) is 6.54 Å². The van der Waals surface area contributed by atoms with Crippen LogP contribution in [0.3, 0.4) is 0 Å². The Balaban J connectivity index is 2.11. The van der Waals surface area contributed by atoms with Crippen molar-refractivity contribution in [2.45, 2.75) is 12.7 Å². The molecule has 2 heterocycles. The monoisotopic (exact) mass is 244 g/mol. The maximum absolute atomic E-state index is 12.0. The first-order valence-electron chi connectivity index (χ1n) is 5.01. The minimum Gasteiger partial charge on any atom is -0.315 e. The van der Waals surface area contributed by atoms with Gasteiger partial charge in [-0.1, -0.05) is 0 Å². The van der Waals surface area contributed by atoms with Gasteiger partial charge in [0, 0.05) is 13.2 Å². The Morgan fingerprint density at radius 1 is 1.41 bits per heavy atom. The molecule has 0 radical (unpaired) electrons. The summed E-state index contributed by atoms with van der Waals surface area (Å²) in [7, 11) is 1.73. The number of aryl methyl sites for hydroxylation is 1. The van der Waals surface area contributed by atoms with Crippen molar-refractivity contribution in [3.63, 3.8) is 0 Å². The second-order valence-electron chi connectivity index (χ2n) is 3.65. The van der Waals surface area contributed by atoms with Gasteiger partial charge in [-0.05, 0) is 12.1 Å². The summed E-state index contributed by atoms with van der Waals surface area (Å²) in [6.45, 7) is -0.962. The first-order valence-corrected chi connectivity index (χ1v) is 5.01. The summed E-state index contributed by atoms with van der Waals surface area (Å²) in [5.74, 6) is 0.531. The molecule has 0 atom stereocenters. The van der Waals surface area contributed by atoms with Gasteiger partial charge in [-0.2, -0.15) is 13.2 Å². The zero-order valence-electron chi connectivity index (χ0n) is 9.12. The number of imidazole rings is 1. The standard InChI is InChI=1S/C10H11F3N4/c1-17-8(5-14-6-10(11,12)13)16-7-3-2-4-15-9(7)17/h2-4,14H,5-6H2,1H3. The highest BCUT2D eigenvalue weighted by Gasteiger charge is 2.26. The van der Waals surface area contributed by atoms with Crippen molar-refractivity contribution in [3.8, 4) is 0 Å². The summed E-state index contributed by atoms with van der Waals surface area (Å²) in [5.41, 5.74) is 1.34. The number of nitrogens with one attached hydrogen (secondary N) is 1. The molecule has 0 amide bonds. The zero-order valence-corrected chi connectivity index (χ0v) is 9.12. The van der Waals surface area contributed by atoms with E-state index in [0.717, 1.165) is 0 Å². The Morgan fingerprint density at radius 3 is 2.82 bits per heavy atom. The first kappa shape index (κ1) is 11.8. The highest BCUT2D eigenvalue weighted by molar-refractivity contribution is 5.70. The van der Waals surface area contributed by atoms with Gasteiger partial charge in [0.05, 0.1) is 13.1 Å². The minimum atomic E-state index is -4.21. The normalized spacial score (nSPS) is 12.2. The van der Waals surface area contributed by atoms with E-state index < -0.39 is 12.7 Å². The lowest BCUT2D eigenvalue weighted by atomic mass is 10.4. The number of pyridine rings is 1. The summed E-state index contributed by atoms with van der Waals surface area (Å²) in [6.07, 6.45) is -2.58. The maximum atomic E-state index is 12.0. The molecule has 0 aliphatic rings. The number of halogens is 3. The molecule has 0 saturated carbocycles. The molecular formula is C10H11F3N4. The number of hydrogen-bond donors (Lipinski definition) is 1. The highest BCUT2D eigenvalue weighted by atomic mass is 19.4. The molecule has 0 aliphatic heterocycles. The Kier molecular flexibility index (Phi) is 3.01. The van der Waals surface area contributed by atoms with E-state index in [-0.39, 0.29) is 6.54 Å². The van der Waals surface area contributed by atoms with Gasteiger partial charge < -0.3 is 9.88 Å². The second-order valence-corrected chi connectivity index (χ2v) is 3.65. The molecule has 7 heteroatoms. The largest absolute Gasteiger partial charge is 0.401 e. The van der Waals surface area contributed by atoms with Crippen molar-refractivity contribution >= 4 is 11.2 Å². The summed E-state index contributed by atoms with van der Waals surface area (Å²) in [5, 5.41) is 2.31. The zero-order chi connectivity index (χ0) is 12.5. The fourth-order valence-corrected chi connectivity index (χ4v) is 1.54. The van der Waals surface area contributed by atoms with E-state index in [4.69, 9.17) is 0 Å². The highest BCUT2D eigenvalue weighted by Crippen LogP contribution is 2.14. The van der Waals surface area contributed by atoms with E-state index in [0.29, 0.717) is 17.0 Å². The lowest BCUT2D eigenvalue weighted by Crippen LogP contribution is -2.29. The molecule has 2 rings (SSSR count). The second kappa shape index (κ2) is 4.33. The third-order valence-electron chi connectivity index (χ3n) is 2.33. The summed E-state index contributed by atoms with van der Waals surface area (Å²) >= 11 is 0. The molecule has 2 aromatic heterocycles. The molecule has 92 valence electrons. The number of rotatable bonds is 3. The van der Waals surface area contributed by atoms with Crippen LogP contribution in [0.1, 0.15) is 5.82 Å². The van der Waals surface area contributed by atoms with Crippen LogP contribution in [-0.4, -0.2) is 27.3 Å². The van der Waals surface area contributed by atoms with Gasteiger partial charge >= 0.3 is 6.18 Å². The molecule has 4 nitrogen and oxygen atoms in total. The first-order chi connectivity index (χ1) is 7.97. The molecule has 0 aromatic carbocycles. The van der Waals surface area contributed by atoms with Gasteiger partial charge in [0.15, 0.2) is 5.65 Å². The molecule has 0 unspecified atom stereocenters. The molecule has 2 aromatic rings. The SMILES string of the molecule is Cn1c(CNCC(F)(F)F)nc2cccnc21. The summed E-state index contributed by atoms with van der Waals surface area (Å²) < 4.78 is 37.6. The Bertz CT molecular complexity index is 518. The predicted octanol–water partition coefficient (Wildman–Crippen LogP) is 1.62. The third kappa shape index (κ3) is 2.73. The molecular weight excluding hydrogens is 233 g/mol. The average Bonchev–Trinajstić information content (AvgIpc) is 2.55. The van der Waals surface area contributed by atoms with Crippen LogP contribution in [0.15, 0.2) is 18.3 Å². The molecule has 0 saturated heterocycles. The van der Waals surface area contributed by atoms with E-state index >= 15 is 0 Å². The number of fused-ring (bicyclic) bond motifs is 1. The van der Waals surface area contributed by atoms with E-state index in [1.54, 1.807) is 29.9 Å². The van der Waals surface area contributed by atoms with Crippen LogP contribution in [0.25, 0.3) is 11.2 Å². The lowest BCUT2D eigenvalue weighted by molar-refractivity contribution is -0.125. The fourth-order valence-electron chi connectivity index (χ4n) is 1.54. The molecule has 1 N–H and O–H groups in total. The van der Waals surface area contributed by atoms with E-state index in [1.165, 1.54) is 0 Å². The van der Waals surface area contributed by atoms with Crippen molar-refractivity contribution in [1.82, 2.24) is 19.9 Å². The Hall–Kier alpha value is -1.63. The van der Waals surface area contributed by atoms with Crippen LogP contribution in [0.2, 0.25) is 0 Å². The van der Waals surface area contributed by atoms with E-state index in [2.05, 4.69) is 15.3 Å². The van der Waals surface area contributed by atoms with Gasteiger partial charge in [-0.15, -0.1) is 0 Å². The van der Waals surface area contributed by atoms with Crippen molar-refractivity contribution in [3.05, 3.63) is 24.2 Å². The van der Waals surface area contributed by atoms with Gasteiger partial charge in [-0.25, -0.2) is 9.97 Å². The van der Waals surface area contributed by atoms with Crippen LogP contribution >= 0.6 is 0 Å². The molecule has 0 aliphatic carbocycles. The quantitative estimate of drug-likeness (QED) is 0.892. The van der Waals surface area contributed by atoms with Crippen LogP contribution in [-0.2, 0) is 13.6 Å². The van der Waals surface area contributed by atoms with Gasteiger partial charge in [0.2, 0.25) is 0 Å². The van der Waals surface area contributed by atoms with Crippen molar-refractivity contribution < 1.29 is 13.2 Å². The number of hydrogen-bond acceptors (Lipinski definition) is 3. The average molecular weight is 244 g/mol. The summed E-state index contributed by atoms with van der Waals surface area (Å²) in [4.78, 5) is 8.31. The Labute approximate surface area is 95.5 Å². The minimum absolute atomic E-state index is 0.0619. The van der Waals surface area contributed by atoms with Crippen LogP contribution in [0.4, 0.5) is 13.2 Å². The van der Waals surface area contributed by atoms with Crippen LogP contribution < -0.4 is 5.32 Å². The molecule has 0 bridgehead atoms. The van der Waals surface area contributed by atoms with Crippen molar-refractivity contribution in [1.29, 1.82) is 0 Å². The smallest absolute Gasteiger partial charge is 0.315 e.